The number of likely N-dealkylation sites (tertiary alicyclic amines) is 1. The normalized spacial score (nSPS) is 22.0. The van der Waals surface area contributed by atoms with Crippen LogP contribution in [0.15, 0.2) is 36.5 Å². The summed E-state index contributed by atoms with van der Waals surface area (Å²) < 4.78 is 1.79. The van der Waals surface area contributed by atoms with Crippen molar-refractivity contribution in [1.82, 2.24) is 19.9 Å². The first-order chi connectivity index (χ1) is 11.9. The van der Waals surface area contributed by atoms with Gasteiger partial charge in [0.25, 0.3) is 0 Å². The number of hydrogen-bond acceptors (Lipinski definition) is 4. The molecular weight excluding hydrogens is 316 g/mol. The molecule has 1 N–H and O–H groups in total. The van der Waals surface area contributed by atoms with Gasteiger partial charge in [-0.3, -0.25) is 9.69 Å². The average molecular weight is 342 g/mol. The fraction of sp³-hybridized carbons (Fsp3) is 0.526. The van der Waals surface area contributed by atoms with E-state index in [2.05, 4.69) is 31.1 Å². The first-order valence-corrected chi connectivity index (χ1v) is 8.78. The number of aliphatic carboxylic acids is 1. The summed E-state index contributed by atoms with van der Waals surface area (Å²) in [6, 6.07) is 9.35. The Kier molecular flexibility index (Phi) is 4.90. The minimum atomic E-state index is -0.743. The van der Waals surface area contributed by atoms with E-state index in [-0.39, 0.29) is 5.41 Å². The van der Waals surface area contributed by atoms with E-state index in [1.165, 1.54) is 0 Å². The molecule has 25 heavy (non-hydrogen) atoms. The molecule has 1 fully saturated rings. The van der Waals surface area contributed by atoms with Crippen molar-refractivity contribution in [3.63, 3.8) is 0 Å². The smallest absolute Gasteiger partial charge is 0.320 e. The minimum Gasteiger partial charge on any atom is -0.480 e. The highest BCUT2D eigenvalue weighted by Gasteiger charge is 2.38. The zero-order chi connectivity index (χ0) is 18.0. The van der Waals surface area contributed by atoms with Gasteiger partial charge in [-0.2, -0.15) is 0 Å². The van der Waals surface area contributed by atoms with Crippen molar-refractivity contribution in [3.05, 3.63) is 42.2 Å². The Labute approximate surface area is 148 Å². The molecule has 0 amide bonds. The topological polar surface area (TPSA) is 71.2 Å². The second kappa shape index (κ2) is 6.96. The molecular formula is C19H26N4O2. The first kappa shape index (κ1) is 17.6. The van der Waals surface area contributed by atoms with Crippen LogP contribution in [0.1, 0.15) is 39.3 Å². The predicted molar refractivity (Wildman–Crippen MR) is 95.4 cm³/mol. The second-order valence-electron chi connectivity index (χ2n) is 7.88. The number of carbonyl (C=O) groups is 1. The van der Waals surface area contributed by atoms with E-state index in [0.29, 0.717) is 18.9 Å². The maximum atomic E-state index is 11.8. The fourth-order valence-corrected chi connectivity index (χ4v) is 3.61. The summed E-state index contributed by atoms with van der Waals surface area (Å²) in [5.41, 5.74) is 1.98. The van der Waals surface area contributed by atoms with Crippen LogP contribution in [0.4, 0.5) is 0 Å². The van der Waals surface area contributed by atoms with Crippen LogP contribution in [0.3, 0.4) is 0 Å². The van der Waals surface area contributed by atoms with Crippen LogP contribution in [0.2, 0.25) is 0 Å². The van der Waals surface area contributed by atoms with Gasteiger partial charge in [0.1, 0.15) is 6.04 Å². The monoisotopic (exact) mass is 342 g/mol. The SMILES string of the molecule is CC(C)(C)[C@@H]1CCN(Cc2cnnn2-c2ccccc2)[C@H](C(=O)O)C1. The summed E-state index contributed by atoms with van der Waals surface area (Å²) in [6.07, 6.45) is 3.42. The molecule has 0 radical (unpaired) electrons. The van der Waals surface area contributed by atoms with Crippen LogP contribution in [0, 0.1) is 11.3 Å². The number of hydrogen-bond donors (Lipinski definition) is 1. The number of para-hydroxylation sites is 1. The molecule has 0 aliphatic carbocycles. The Bertz CT molecular complexity index is 721. The van der Waals surface area contributed by atoms with Crippen LogP contribution in [0.5, 0.6) is 0 Å². The van der Waals surface area contributed by atoms with Gasteiger partial charge in [0.2, 0.25) is 0 Å². The molecule has 2 heterocycles. The third kappa shape index (κ3) is 3.90. The summed E-state index contributed by atoms with van der Waals surface area (Å²) in [5, 5.41) is 17.9. The van der Waals surface area contributed by atoms with Crippen LogP contribution >= 0.6 is 0 Å². The molecule has 1 saturated heterocycles. The molecule has 1 aromatic heterocycles. The lowest BCUT2D eigenvalue weighted by Gasteiger charge is -2.42. The largest absolute Gasteiger partial charge is 0.480 e. The average Bonchev–Trinajstić information content (AvgIpc) is 3.03. The fourth-order valence-electron chi connectivity index (χ4n) is 3.61. The number of carboxylic acids is 1. The third-order valence-electron chi connectivity index (χ3n) is 5.21. The van der Waals surface area contributed by atoms with Gasteiger partial charge in [-0.05, 0) is 42.9 Å². The highest BCUT2D eigenvalue weighted by molar-refractivity contribution is 5.73. The Morgan fingerprint density at radius 3 is 2.64 bits per heavy atom. The highest BCUT2D eigenvalue weighted by Crippen LogP contribution is 2.37. The van der Waals surface area contributed by atoms with Crippen molar-refractivity contribution < 1.29 is 9.90 Å². The number of carboxylic acid groups (broad SMARTS) is 1. The van der Waals surface area contributed by atoms with Gasteiger partial charge in [-0.15, -0.1) is 5.10 Å². The van der Waals surface area contributed by atoms with Gasteiger partial charge in [-0.25, -0.2) is 4.68 Å². The summed E-state index contributed by atoms with van der Waals surface area (Å²) in [7, 11) is 0. The quantitative estimate of drug-likeness (QED) is 0.925. The van der Waals surface area contributed by atoms with E-state index < -0.39 is 12.0 Å². The number of nitrogens with zero attached hydrogens (tertiary/aromatic N) is 4. The van der Waals surface area contributed by atoms with Gasteiger partial charge in [-0.1, -0.05) is 44.2 Å². The Morgan fingerprint density at radius 1 is 1.28 bits per heavy atom. The van der Waals surface area contributed by atoms with Gasteiger partial charge in [0.05, 0.1) is 17.6 Å². The molecule has 0 unspecified atom stereocenters. The standard InChI is InChI=1S/C19H26N4O2/c1-19(2,3)14-9-10-22(17(11-14)18(24)25)13-16-12-20-21-23(16)15-7-5-4-6-8-15/h4-8,12,14,17H,9-11,13H2,1-3H3,(H,24,25)/t14-,17+/m1/s1. The summed E-state index contributed by atoms with van der Waals surface area (Å²) in [4.78, 5) is 13.9. The maximum absolute atomic E-state index is 11.8. The van der Waals surface area contributed by atoms with Crippen molar-refractivity contribution in [2.75, 3.05) is 6.54 Å². The molecule has 1 aliphatic rings. The molecule has 1 aromatic carbocycles. The van der Waals surface area contributed by atoms with Gasteiger partial charge in [0.15, 0.2) is 0 Å². The molecule has 134 valence electrons. The third-order valence-corrected chi connectivity index (χ3v) is 5.21. The summed E-state index contributed by atoms with van der Waals surface area (Å²) in [5.74, 6) is -0.324. The lowest BCUT2D eigenvalue weighted by Crippen LogP contribution is -2.49. The summed E-state index contributed by atoms with van der Waals surface area (Å²) in [6.45, 7) is 7.90. The minimum absolute atomic E-state index is 0.132. The van der Waals surface area contributed by atoms with E-state index in [1.54, 1.807) is 10.9 Å². The van der Waals surface area contributed by atoms with E-state index in [4.69, 9.17) is 0 Å². The van der Waals surface area contributed by atoms with Crippen LogP contribution < -0.4 is 0 Å². The summed E-state index contributed by atoms with van der Waals surface area (Å²) >= 11 is 0. The molecule has 6 nitrogen and oxygen atoms in total. The van der Waals surface area contributed by atoms with Crippen LogP contribution in [-0.2, 0) is 11.3 Å². The lowest BCUT2D eigenvalue weighted by molar-refractivity contribution is -0.146. The molecule has 3 rings (SSSR count). The molecule has 0 bridgehead atoms. The second-order valence-corrected chi connectivity index (χ2v) is 7.88. The van der Waals surface area contributed by atoms with Crippen molar-refractivity contribution in [2.24, 2.45) is 11.3 Å². The Balaban J connectivity index is 1.79. The van der Waals surface area contributed by atoms with Crippen LogP contribution in [-0.4, -0.2) is 43.6 Å². The number of aromatic nitrogens is 3. The van der Waals surface area contributed by atoms with Crippen molar-refractivity contribution in [3.8, 4) is 5.69 Å². The highest BCUT2D eigenvalue weighted by atomic mass is 16.4. The van der Waals surface area contributed by atoms with Gasteiger partial charge in [0, 0.05) is 6.54 Å². The number of piperidine rings is 1. The van der Waals surface area contributed by atoms with Crippen molar-refractivity contribution in [1.29, 1.82) is 0 Å². The first-order valence-electron chi connectivity index (χ1n) is 8.78. The number of benzene rings is 1. The lowest BCUT2D eigenvalue weighted by atomic mass is 9.73. The van der Waals surface area contributed by atoms with Gasteiger partial charge < -0.3 is 5.11 Å². The molecule has 1 aliphatic heterocycles. The zero-order valence-electron chi connectivity index (χ0n) is 15.1. The van der Waals surface area contributed by atoms with E-state index in [0.717, 1.165) is 24.3 Å². The van der Waals surface area contributed by atoms with Crippen LogP contribution in [0.25, 0.3) is 5.69 Å². The zero-order valence-corrected chi connectivity index (χ0v) is 15.1. The van der Waals surface area contributed by atoms with Crippen molar-refractivity contribution >= 4 is 5.97 Å². The Hall–Kier alpha value is -2.21. The molecule has 2 aromatic rings. The molecule has 2 atom stereocenters. The van der Waals surface area contributed by atoms with E-state index >= 15 is 0 Å². The van der Waals surface area contributed by atoms with Crippen molar-refractivity contribution in [2.45, 2.75) is 46.2 Å². The molecule has 6 heteroatoms. The van der Waals surface area contributed by atoms with E-state index in [1.807, 2.05) is 35.2 Å². The van der Waals surface area contributed by atoms with Gasteiger partial charge >= 0.3 is 5.97 Å². The molecule has 0 saturated carbocycles. The predicted octanol–water partition coefficient (Wildman–Crippen LogP) is 2.98. The number of rotatable bonds is 4. The Morgan fingerprint density at radius 2 is 2.00 bits per heavy atom. The maximum Gasteiger partial charge on any atom is 0.320 e. The molecule has 0 spiro atoms. The van der Waals surface area contributed by atoms with E-state index in [9.17, 15) is 9.90 Å².